The van der Waals surface area contributed by atoms with Gasteiger partial charge < -0.3 is 9.05 Å². The number of carbonyl (C=O) groups excluding carboxylic acids is 1. The van der Waals surface area contributed by atoms with Gasteiger partial charge in [-0.3, -0.25) is 9.36 Å². The van der Waals surface area contributed by atoms with Crippen LogP contribution in [0.4, 0.5) is 0 Å². The highest BCUT2D eigenvalue weighted by atomic mass is 31.2. The van der Waals surface area contributed by atoms with Crippen LogP contribution in [0, 0.1) is 11.3 Å². The van der Waals surface area contributed by atoms with Crippen molar-refractivity contribution in [1.29, 1.82) is 0 Å². The Labute approximate surface area is 142 Å². The van der Waals surface area contributed by atoms with Gasteiger partial charge in [0.1, 0.15) is 5.31 Å². The summed E-state index contributed by atoms with van der Waals surface area (Å²) in [6, 6.07) is 0. The van der Waals surface area contributed by atoms with Crippen LogP contribution in [0.15, 0.2) is 10.9 Å². The van der Waals surface area contributed by atoms with E-state index in [1.165, 1.54) is 0 Å². The summed E-state index contributed by atoms with van der Waals surface area (Å²) in [6.45, 7) is 15.7. The summed E-state index contributed by atoms with van der Waals surface area (Å²) < 4.78 is 24.4. The van der Waals surface area contributed by atoms with Gasteiger partial charge in [0.05, 0.1) is 13.2 Å². The fraction of sp³-hybridized carbons (Fsp3) is 0.833. The fourth-order valence-electron chi connectivity index (χ4n) is 2.36. The maximum atomic E-state index is 13.4. The second-order valence-electron chi connectivity index (χ2n) is 7.04. The summed E-state index contributed by atoms with van der Waals surface area (Å²) in [7, 11) is -3.60. The predicted octanol–water partition coefficient (Wildman–Crippen LogP) is 5.97. The van der Waals surface area contributed by atoms with E-state index < -0.39 is 13.0 Å². The molecule has 0 spiro atoms. The van der Waals surface area contributed by atoms with Crippen molar-refractivity contribution in [3.63, 3.8) is 0 Å². The van der Waals surface area contributed by atoms with E-state index in [1.807, 2.05) is 34.6 Å². The van der Waals surface area contributed by atoms with Gasteiger partial charge in [0.2, 0.25) is 0 Å². The molecule has 0 aromatic rings. The third-order valence-corrected chi connectivity index (χ3v) is 5.80. The second kappa shape index (κ2) is 9.76. The van der Waals surface area contributed by atoms with Crippen molar-refractivity contribution in [3.05, 3.63) is 10.9 Å². The Balaban J connectivity index is 6.36. The van der Waals surface area contributed by atoms with Gasteiger partial charge in [-0.1, -0.05) is 48.0 Å². The first-order valence-corrected chi connectivity index (χ1v) is 10.3. The number of carbonyl (C=O) groups is 1. The molecule has 0 atom stereocenters. The number of hydrogen-bond donors (Lipinski definition) is 0. The maximum absolute atomic E-state index is 13.4. The number of Topliss-reactive ketones (excluding diaryl/α,β-unsaturated/α-hetero) is 1. The minimum Gasteiger partial charge on any atom is -0.305 e. The molecule has 0 aromatic heterocycles. The average molecular weight is 346 g/mol. The summed E-state index contributed by atoms with van der Waals surface area (Å²) in [5.74, 6) is -0.0142. The molecule has 0 saturated heterocycles. The lowest BCUT2D eigenvalue weighted by Crippen LogP contribution is -2.25. The molecule has 4 nitrogen and oxygen atoms in total. The first kappa shape index (κ1) is 22.6. The van der Waals surface area contributed by atoms with Crippen molar-refractivity contribution >= 4 is 13.4 Å². The number of hydrogen-bond acceptors (Lipinski definition) is 4. The highest BCUT2D eigenvalue weighted by molar-refractivity contribution is 7.60. The fourth-order valence-corrected chi connectivity index (χ4v) is 4.67. The summed E-state index contributed by atoms with van der Waals surface area (Å²) >= 11 is 0. The first-order valence-electron chi connectivity index (χ1n) is 8.72. The predicted molar refractivity (Wildman–Crippen MR) is 96.7 cm³/mol. The normalized spacial score (nSPS) is 14.1. The number of ketones is 1. The standard InChI is InChI=1S/C18H35O4P/c1-9-12-13-15(14(4)5)16(17(19)18(6,7)8)23(20,21-10-2)22-11-3/h14H,9-13H2,1-8H3/b16-15+. The summed E-state index contributed by atoms with van der Waals surface area (Å²) in [5.41, 5.74) is 0.281. The molecule has 0 saturated carbocycles. The zero-order chi connectivity index (χ0) is 18.3. The lowest BCUT2D eigenvalue weighted by atomic mass is 9.86. The molecule has 136 valence electrons. The zero-order valence-corrected chi connectivity index (χ0v) is 17.1. The van der Waals surface area contributed by atoms with Gasteiger partial charge in [-0.05, 0) is 38.2 Å². The largest absolute Gasteiger partial charge is 0.364 e. The van der Waals surface area contributed by atoms with Crippen molar-refractivity contribution in [2.45, 2.75) is 74.7 Å². The number of rotatable bonds is 10. The Morgan fingerprint density at radius 1 is 1.04 bits per heavy atom. The molecule has 0 fully saturated rings. The molecular formula is C18H35O4P. The van der Waals surface area contributed by atoms with Crippen LogP contribution in [0.2, 0.25) is 0 Å². The summed E-state index contributed by atoms with van der Waals surface area (Å²) in [4.78, 5) is 13.1. The van der Waals surface area contributed by atoms with Gasteiger partial charge in [0.25, 0.3) is 0 Å². The lowest BCUT2D eigenvalue weighted by Gasteiger charge is -2.28. The summed E-state index contributed by atoms with van der Waals surface area (Å²) in [6.07, 6.45) is 2.71. The van der Waals surface area contributed by atoms with E-state index in [-0.39, 0.29) is 30.2 Å². The number of allylic oxidation sites excluding steroid dienone is 2. The van der Waals surface area contributed by atoms with Crippen LogP contribution in [-0.4, -0.2) is 19.0 Å². The molecule has 5 heteroatoms. The zero-order valence-electron chi connectivity index (χ0n) is 16.2. The van der Waals surface area contributed by atoms with E-state index in [2.05, 4.69) is 6.92 Å². The molecule has 0 aliphatic carbocycles. The van der Waals surface area contributed by atoms with Crippen molar-refractivity contribution in [2.75, 3.05) is 13.2 Å². The van der Waals surface area contributed by atoms with E-state index in [9.17, 15) is 9.36 Å². The Morgan fingerprint density at radius 3 is 1.83 bits per heavy atom. The van der Waals surface area contributed by atoms with Crippen LogP contribution < -0.4 is 0 Å². The quantitative estimate of drug-likeness (QED) is 0.361. The first-order chi connectivity index (χ1) is 10.5. The monoisotopic (exact) mass is 346 g/mol. The third kappa shape index (κ3) is 6.52. The Hall–Kier alpha value is -0.440. The van der Waals surface area contributed by atoms with Gasteiger partial charge in [-0.25, -0.2) is 0 Å². The van der Waals surface area contributed by atoms with Crippen molar-refractivity contribution < 1.29 is 18.4 Å². The van der Waals surface area contributed by atoms with Crippen LogP contribution in [0.5, 0.6) is 0 Å². The van der Waals surface area contributed by atoms with Crippen molar-refractivity contribution in [3.8, 4) is 0 Å². The van der Waals surface area contributed by atoms with Crippen LogP contribution in [-0.2, 0) is 18.4 Å². The number of unbranched alkanes of at least 4 members (excludes halogenated alkanes) is 1. The molecule has 0 amide bonds. The molecule has 0 heterocycles. The average Bonchev–Trinajstić information content (AvgIpc) is 2.41. The highest BCUT2D eigenvalue weighted by Crippen LogP contribution is 2.60. The molecule has 0 bridgehead atoms. The van der Waals surface area contributed by atoms with E-state index in [0.717, 1.165) is 24.8 Å². The molecule has 0 N–H and O–H groups in total. The van der Waals surface area contributed by atoms with E-state index in [1.54, 1.807) is 13.8 Å². The van der Waals surface area contributed by atoms with E-state index in [4.69, 9.17) is 9.05 Å². The second-order valence-corrected chi connectivity index (χ2v) is 9.00. The van der Waals surface area contributed by atoms with E-state index >= 15 is 0 Å². The Kier molecular flexibility index (Phi) is 9.57. The highest BCUT2D eigenvalue weighted by Gasteiger charge is 2.41. The summed E-state index contributed by atoms with van der Waals surface area (Å²) in [5, 5.41) is 0.289. The molecule has 0 aromatic carbocycles. The van der Waals surface area contributed by atoms with Gasteiger partial charge >= 0.3 is 7.60 Å². The third-order valence-electron chi connectivity index (χ3n) is 3.57. The Morgan fingerprint density at radius 2 is 1.52 bits per heavy atom. The molecular weight excluding hydrogens is 311 g/mol. The van der Waals surface area contributed by atoms with Crippen LogP contribution in [0.25, 0.3) is 0 Å². The molecule has 23 heavy (non-hydrogen) atoms. The molecule has 0 radical (unpaired) electrons. The smallest absolute Gasteiger partial charge is 0.305 e. The lowest BCUT2D eigenvalue weighted by molar-refractivity contribution is -0.122. The van der Waals surface area contributed by atoms with Gasteiger partial charge in [0, 0.05) is 5.41 Å². The molecule has 0 aliphatic heterocycles. The minimum atomic E-state index is -3.60. The minimum absolute atomic E-state index is 0.122. The molecule has 0 aliphatic rings. The van der Waals surface area contributed by atoms with Gasteiger partial charge in [-0.2, -0.15) is 0 Å². The van der Waals surface area contributed by atoms with Gasteiger partial charge in [0.15, 0.2) is 5.78 Å². The van der Waals surface area contributed by atoms with Crippen molar-refractivity contribution in [1.82, 2.24) is 0 Å². The Bertz CT molecular complexity index is 448. The molecule has 0 rings (SSSR count). The van der Waals surface area contributed by atoms with Crippen LogP contribution in [0.1, 0.15) is 74.7 Å². The van der Waals surface area contributed by atoms with Crippen LogP contribution in [0.3, 0.4) is 0 Å². The van der Waals surface area contributed by atoms with Crippen LogP contribution >= 0.6 is 7.60 Å². The van der Waals surface area contributed by atoms with E-state index in [0.29, 0.717) is 0 Å². The van der Waals surface area contributed by atoms with Crippen molar-refractivity contribution in [2.24, 2.45) is 11.3 Å². The molecule has 0 unspecified atom stereocenters. The van der Waals surface area contributed by atoms with Gasteiger partial charge in [-0.15, -0.1) is 0 Å². The SMILES string of the molecule is CCCC/C(=C(/C(=O)C(C)(C)C)P(=O)(OCC)OCC)C(C)C. The maximum Gasteiger partial charge on any atom is 0.364 e. The topological polar surface area (TPSA) is 52.6 Å².